The monoisotopic (exact) mass is 474 g/mol. The predicted molar refractivity (Wildman–Crippen MR) is 132 cm³/mol. The van der Waals surface area contributed by atoms with Gasteiger partial charge in [-0.2, -0.15) is 5.06 Å². The zero-order valence-electron chi connectivity index (χ0n) is 21.0. The quantitative estimate of drug-likeness (QED) is 0.274. The summed E-state index contributed by atoms with van der Waals surface area (Å²) in [5.41, 5.74) is 1.66. The third kappa shape index (κ3) is 8.68. The van der Waals surface area contributed by atoms with Gasteiger partial charge in [-0.3, -0.25) is 9.63 Å². The van der Waals surface area contributed by atoms with Crippen molar-refractivity contribution in [3.05, 3.63) is 35.4 Å². The summed E-state index contributed by atoms with van der Waals surface area (Å²) in [6, 6.07) is 6.87. The van der Waals surface area contributed by atoms with Crippen LogP contribution in [0.1, 0.15) is 70.9 Å². The van der Waals surface area contributed by atoms with Crippen LogP contribution in [0.15, 0.2) is 24.3 Å². The van der Waals surface area contributed by atoms with Crippen LogP contribution in [0.3, 0.4) is 0 Å². The zero-order chi connectivity index (χ0) is 25.1. The van der Waals surface area contributed by atoms with Crippen molar-refractivity contribution in [2.45, 2.75) is 90.7 Å². The molecule has 190 valence electrons. The number of hydrogen-bond acceptors (Lipinski definition) is 6. The highest BCUT2D eigenvalue weighted by Crippen LogP contribution is 2.32. The second-order valence-electron chi connectivity index (χ2n) is 9.62. The SMILES string of the molecule is CCCCC[C@@H](O)C#Cc1cccc(CN2O[C@@H](CO)[C@@H]([C@H](C)O)[C@H]2C(=O)NCCC(C)C)c1. The van der Waals surface area contributed by atoms with Crippen molar-refractivity contribution < 1.29 is 25.0 Å². The van der Waals surface area contributed by atoms with Gasteiger partial charge >= 0.3 is 0 Å². The van der Waals surface area contributed by atoms with Gasteiger partial charge in [0.15, 0.2) is 0 Å². The van der Waals surface area contributed by atoms with E-state index in [0.29, 0.717) is 25.4 Å². The van der Waals surface area contributed by atoms with E-state index in [4.69, 9.17) is 4.84 Å². The standard InChI is InChI=1S/C27H42N2O5/c1-5-6-7-11-23(32)13-12-21-9-8-10-22(16-21)17-29-26(27(33)28-15-14-19(2)3)25(20(4)31)24(18-30)34-29/h8-10,16,19-20,23-26,30-32H,5-7,11,14-15,17-18H2,1-4H3,(H,28,33)/t20-,23+,24-,25+,26-/m0/s1. The van der Waals surface area contributed by atoms with Gasteiger partial charge in [-0.15, -0.1) is 0 Å². The van der Waals surface area contributed by atoms with Gasteiger partial charge in [0, 0.05) is 18.0 Å². The molecule has 7 nitrogen and oxygen atoms in total. The lowest BCUT2D eigenvalue weighted by molar-refractivity contribution is -0.181. The molecule has 7 heteroatoms. The van der Waals surface area contributed by atoms with Crippen LogP contribution in [0, 0.1) is 23.7 Å². The number of aliphatic hydroxyl groups excluding tert-OH is 3. The average Bonchev–Trinajstić information content (AvgIpc) is 3.16. The lowest BCUT2D eigenvalue weighted by Crippen LogP contribution is -2.49. The van der Waals surface area contributed by atoms with E-state index in [1.54, 1.807) is 12.0 Å². The minimum absolute atomic E-state index is 0.214. The fraction of sp³-hybridized carbons (Fsp3) is 0.667. The first-order valence-electron chi connectivity index (χ1n) is 12.5. The summed E-state index contributed by atoms with van der Waals surface area (Å²) in [4.78, 5) is 19.0. The molecule has 4 N–H and O–H groups in total. The average molecular weight is 475 g/mol. The molecular formula is C27H42N2O5. The number of nitrogens with zero attached hydrogens (tertiary/aromatic N) is 1. The number of benzene rings is 1. The first-order chi connectivity index (χ1) is 16.3. The summed E-state index contributed by atoms with van der Waals surface area (Å²) in [7, 11) is 0. The van der Waals surface area contributed by atoms with Crippen molar-refractivity contribution in [3.8, 4) is 11.8 Å². The maximum Gasteiger partial charge on any atom is 0.240 e. The van der Waals surface area contributed by atoms with Crippen LogP contribution in [0.4, 0.5) is 0 Å². The first-order valence-corrected chi connectivity index (χ1v) is 12.5. The van der Waals surface area contributed by atoms with Crippen molar-refractivity contribution in [3.63, 3.8) is 0 Å². The Morgan fingerprint density at radius 1 is 1.21 bits per heavy atom. The molecule has 1 heterocycles. The largest absolute Gasteiger partial charge is 0.394 e. The molecule has 0 unspecified atom stereocenters. The number of carbonyl (C=O) groups is 1. The number of rotatable bonds is 12. The first kappa shape index (κ1) is 28.3. The highest BCUT2D eigenvalue weighted by atomic mass is 16.7. The number of unbranched alkanes of at least 4 members (excludes halogenated alkanes) is 2. The van der Waals surface area contributed by atoms with Crippen molar-refractivity contribution in [1.29, 1.82) is 0 Å². The van der Waals surface area contributed by atoms with E-state index in [9.17, 15) is 20.1 Å². The van der Waals surface area contributed by atoms with E-state index in [-0.39, 0.29) is 12.5 Å². The molecule has 0 radical (unpaired) electrons. The highest BCUT2D eigenvalue weighted by Gasteiger charge is 2.49. The number of amides is 1. The van der Waals surface area contributed by atoms with E-state index in [2.05, 4.69) is 37.9 Å². The van der Waals surface area contributed by atoms with Gasteiger partial charge in [0.05, 0.1) is 19.3 Å². The maximum absolute atomic E-state index is 13.1. The van der Waals surface area contributed by atoms with Crippen LogP contribution in [-0.4, -0.2) is 63.8 Å². The third-order valence-electron chi connectivity index (χ3n) is 6.13. The van der Waals surface area contributed by atoms with Crippen LogP contribution in [-0.2, 0) is 16.2 Å². The van der Waals surface area contributed by atoms with Gasteiger partial charge in [-0.25, -0.2) is 0 Å². The van der Waals surface area contributed by atoms with E-state index >= 15 is 0 Å². The zero-order valence-corrected chi connectivity index (χ0v) is 21.0. The lowest BCUT2D eigenvalue weighted by atomic mass is 9.89. The molecule has 0 spiro atoms. The Kier molecular flexibility index (Phi) is 12.0. The third-order valence-corrected chi connectivity index (χ3v) is 6.13. The van der Waals surface area contributed by atoms with Gasteiger partial charge in [0.2, 0.25) is 5.91 Å². The van der Waals surface area contributed by atoms with Crippen molar-refractivity contribution in [1.82, 2.24) is 10.4 Å². The summed E-state index contributed by atoms with van der Waals surface area (Å²) < 4.78 is 0. The summed E-state index contributed by atoms with van der Waals surface area (Å²) in [6.45, 7) is 8.49. The Morgan fingerprint density at radius 2 is 1.97 bits per heavy atom. The van der Waals surface area contributed by atoms with Gasteiger partial charge in [0.1, 0.15) is 18.2 Å². The molecule has 1 aliphatic heterocycles. The van der Waals surface area contributed by atoms with Gasteiger partial charge in [-0.1, -0.05) is 57.6 Å². The molecule has 2 rings (SSSR count). The molecule has 34 heavy (non-hydrogen) atoms. The molecule has 0 bridgehead atoms. The van der Waals surface area contributed by atoms with Crippen molar-refractivity contribution in [2.24, 2.45) is 11.8 Å². The molecule has 0 aromatic heterocycles. The normalized spacial score (nSPS) is 22.3. The Balaban J connectivity index is 2.14. The second kappa shape index (κ2) is 14.4. The smallest absolute Gasteiger partial charge is 0.240 e. The molecule has 1 aromatic rings. The van der Waals surface area contributed by atoms with Gasteiger partial charge in [0.25, 0.3) is 0 Å². The van der Waals surface area contributed by atoms with E-state index < -0.39 is 30.3 Å². The molecule has 1 fully saturated rings. The van der Waals surface area contributed by atoms with Crippen LogP contribution in [0.2, 0.25) is 0 Å². The van der Waals surface area contributed by atoms with Gasteiger partial charge in [-0.05, 0) is 49.8 Å². The molecule has 0 saturated carbocycles. The number of nitrogens with one attached hydrogen (secondary N) is 1. The lowest BCUT2D eigenvalue weighted by Gasteiger charge is -2.26. The predicted octanol–water partition coefficient (Wildman–Crippen LogP) is 2.62. The summed E-state index contributed by atoms with van der Waals surface area (Å²) >= 11 is 0. The number of aliphatic hydroxyl groups is 3. The fourth-order valence-corrected chi connectivity index (χ4v) is 4.22. The molecule has 1 aromatic carbocycles. The van der Waals surface area contributed by atoms with E-state index in [0.717, 1.165) is 36.8 Å². The van der Waals surface area contributed by atoms with Gasteiger partial charge < -0.3 is 20.6 Å². The summed E-state index contributed by atoms with van der Waals surface area (Å²) in [5.74, 6) is 5.64. The number of hydrogen-bond donors (Lipinski definition) is 4. The van der Waals surface area contributed by atoms with Crippen LogP contribution in [0.5, 0.6) is 0 Å². The maximum atomic E-state index is 13.1. The second-order valence-corrected chi connectivity index (χ2v) is 9.62. The van der Waals surface area contributed by atoms with E-state index in [1.807, 2.05) is 24.3 Å². The summed E-state index contributed by atoms with van der Waals surface area (Å²) in [6.07, 6.45) is 2.52. The van der Waals surface area contributed by atoms with Crippen LogP contribution in [0.25, 0.3) is 0 Å². The Bertz CT molecular complexity index is 817. The minimum Gasteiger partial charge on any atom is -0.394 e. The Labute approximate surface area is 204 Å². The highest BCUT2D eigenvalue weighted by molar-refractivity contribution is 5.82. The molecule has 1 aliphatic rings. The molecule has 1 saturated heterocycles. The van der Waals surface area contributed by atoms with Crippen LogP contribution >= 0.6 is 0 Å². The van der Waals surface area contributed by atoms with Crippen molar-refractivity contribution in [2.75, 3.05) is 13.2 Å². The molecule has 1 amide bonds. The molecule has 0 aliphatic carbocycles. The molecule has 5 atom stereocenters. The Hall–Kier alpha value is -1.95. The summed E-state index contributed by atoms with van der Waals surface area (Å²) in [5, 5.41) is 34.8. The fourth-order valence-electron chi connectivity index (χ4n) is 4.22. The van der Waals surface area contributed by atoms with Crippen molar-refractivity contribution >= 4 is 5.91 Å². The number of carbonyl (C=O) groups excluding carboxylic acids is 1. The van der Waals surface area contributed by atoms with Crippen LogP contribution < -0.4 is 5.32 Å². The van der Waals surface area contributed by atoms with E-state index in [1.165, 1.54) is 0 Å². The molecular weight excluding hydrogens is 432 g/mol. The topological polar surface area (TPSA) is 102 Å². The Morgan fingerprint density at radius 3 is 2.62 bits per heavy atom. The number of hydroxylamine groups is 2. The minimum atomic E-state index is -0.825.